The average Bonchev–Trinajstić information content (AvgIpc) is 2.95. The summed E-state index contributed by atoms with van der Waals surface area (Å²) in [4.78, 5) is 12.9. The molecule has 4 rings (SSSR count). The molecule has 0 bridgehead atoms. The largest absolute Gasteiger partial charge is 0.495 e. The predicted octanol–water partition coefficient (Wildman–Crippen LogP) is 6.24. The van der Waals surface area contributed by atoms with Gasteiger partial charge in [0.25, 0.3) is 15.9 Å². The first-order valence-corrected chi connectivity index (χ1v) is 14.6. The van der Waals surface area contributed by atoms with E-state index in [1.807, 2.05) is 25.1 Å². The summed E-state index contributed by atoms with van der Waals surface area (Å²) in [7, 11) is -2.76. The number of hydrogen-bond acceptors (Lipinski definition) is 6. The number of aryl methyl sites for hydroxylation is 1. The van der Waals surface area contributed by atoms with E-state index in [9.17, 15) is 13.2 Å². The average molecular weight is 613 g/mol. The van der Waals surface area contributed by atoms with Crippen molar-refractivity contribution in [1.82, 2.24) is 5.43 Å². The molecule has 4 aromatic rings. The summed E-state index contributed by atoms with van der Waals surface area (Å²) < 4.78 is 39.4. The number of anilines is 1. The van der Waals surface area contributed by atoms with Gasteiger partial charge in [-0.15, -0.1) is 0 Å². The van der Waals surface area contributed by atoms with Gasteiger partial charge in [0.05, 0.1) is 23.9 Å². The Morgan fingerprint density at radius 3 is 2.34 bits per heavy atom. The van der Waals surface area contributed by atoms with E-state index in [-0.39, 0.29) is 21.4 Å². The van der Waals surface area contributed by atoms with E-state index in [4.69, 9.17) is 32.7 Å². The summed E-state index contributed by atoms with van der Waals surface area (Å²) in [6, 6.07) is 25.4. The minimum Gasteiger partial charge on any atom is -0.495 e. The molecular weight excluding hydrogens is 585 g/mol. The van der Waals surface area contributed by atoms with E-state index in [2.05, 4.69) is 10.5 Å². The molecule has 1 N–H and O–H groups in total. The first-order valence-electron chi connectivity index (χ1n) is 12.4. The maximum absolute atomic E-state index is 13.6. The molecule has 41 heavy (non-hydrogen) atoms. The SMILES string of the molecule is COc1ccc(Cl)cc1N(CC(=O)N/N=C\c1ccc(OCc2cccc(Cl)c2)cc1)S(=O)(=O)c1ccc(C)cc1. The summed E-state index contributed by atoms with van der Waals surface area (Å²) in [6.45, 7) is 1.64. The number of nitrogens with zero attached hydrogens (tertiary/aromatic N) is 2. The smallest absolute Gasteiger partial charge is 0.264 e. The molecule has 0 saturated heterocycles. The van der Waals surface area contributed by atoms with E-state index >= 15 is 0 Å². The minimum atomic E-state index is -4.16. The van der Waals surface area contributed by atoms with Gasteiger partial charge in [0.15, 0.2) is 0 Å². The molecule has 0 spiro atoms. The van der Waals surface area contributed by atoms with Gasteiger partial charge in [0, 0.05) is 10.0 Å². The zero-order valence-corrected chi connectivity index (χ0v) is 24.6. The molecule has 0 aliphatic rings. The fourth-order valence-electron chi connectivity index (χ4n) is 3.78. The first-order chi connectivity index (χ1) is 19.7. The lowest BCUT2D eigenvalue weighted by Crippen LogP contribution is -2.39. The fourth-order valence-corrected chi connectivity index (χ4v) is 5.59. The van der Waals surface area contributed by atoms with Crippen LogP contribution in [-0.2, 0) is 21.4 Å². The van der Waals surface area contributed by atoms with Gasteiger partial charge in [-0.2, -0.15) is 5.10 Å². The van der Waals surface area contributed by atoms with Gasteiger partial charge < -0.3 is 9.47 Å². The van der Waals surface area contributed by atoms with Crippen molar-refractivity contribution in [2.45, 2.75) is 18.4 Å². The molecule has 8 nitrogen and oxygen atoms in total. The van der Waals surface area contributed by atoms with Crippen LogP contribution in [0.25, 0.3) is 0 Å². The van der Waals surface area contributed by atoms with Gasteiger partial charge in [-0.05, 0) is 84.8 Å². The molecule has 0 unspecified atom stereocenters. The molecule has 0 radical (unpaired) electrons. The summed E-state index contributed by atoms with van der Waals surface area (Å²) in [5.74, 6) is 0.220. The highest BCUT2D eigenvalue weighted by Crippen LogP contribution is 2.34. The van der Waals surface area contributed by atoms with Gasteiger partial charge in [-0.25, -0.2) is 13.8 Å². The second-order valence-corrected chi connectivity index (χ2v) is 11.7. The van der Waals surface area contributed by atoms with Crippen LogP contribution in [0.15, 0.2) is 101 Å². The Hall–Kier alpha value is -4.05. The van der Waals surface area contributed by atoms with Crippen molar-refractivity contribution in [2.75, 3.05) is 18.0 Å². The Morgan fingerprint density at radius 1 is 0.951 bits per heavy atom. The topological polar surface area (TPSA) is 97.3 Å². The molecular formula is C30H27Cl2N3O5S. The number of nitrogens with one attached hydrogen (secondary N) is 1. The van der Waals surface area contributed by atoms with Crippen molar-refractivity contribution in [1.29, 1.82) is 0 Å². The zero-order chi connectivity index (χ0) is 29.4. The predicted molar refractivity (Wildman–Crippen MR) is 162 cm³/mol. The molecule has 0 atom stereocenters. The molecule has 0 aliphatic heterocycles. The Bertz CT molecular complexity index is 1640. The molecule has 0 heterocycles. The summed E-state index contributed by atoms with van der Waals surface area (Å²) in [5, 5.41) is 4.91. The maximum atomic E-state index is 13.6. The van der Waals surface area contributed by atoms with E-state index in [0.29, 0.717) is 22.9 Å². The normalized spacial score (nSPS) is 11.3. The summed E-state index contributed by atoms with van der Waals surface area (Å²) in [6.07, 6.45) is 1.44. The van der Waals surface area contributed by atoms with Crippen LogP contribution in [-0.4, -0.2) is 34.2 Å². The van der Waals surface area contributed by atoms with Crippen LogP contribution in [0.1, 0.15) is 16.7 Å². The Kier molecular flexibility index (Phi) is 9.88. The highest BCUT2D eigenvalue weighted by Gasteiger charge is 2.29. The fraction of sp³-hybridized carbons (Fsp3) is 0.133. The number of sulfonamides is 1. The number of carbonyl (C=O) groups excluding carboxylic acids is 1. The molecule has 0 aliphatic carbocycles. The zero-order valence-electron chi connectivity index (χ0n) is 22.3. The molecule has 4 aromatic carbocycles. The molecule has 0 aromatic heterocycles. The van der Waals surface area contributed by atoms with Crippen molar-refractivity contribution in [2.24, 2.45) is 5.10 Å². The van der Waals surface area contributed by atoms with Gasteiger partial charge in [0.2, 0.25) is 0 Å². The number of halogens is 2. The van der Waals surface area contributed by atoms with Crippen molar-refractivity contribution < 1.29 is 22.7 Å². The van der Waals surface area contributed by atoms with Crippen LogP contribution in [0.3, 0.4) is 0 Å². The standard InChI is InChI=1S/C30H27Cl2N3O5S/c1-21-6-13-27(14-7-21)41(37,38)35(28-17-25(32)10-15-29(28)39-2)19-30(36)34-33-18-22-8-11-26(12-9-22)40-20-23-4-3-5-24(31)16-23/h3-18H,19-20H2,1-2H3,(H,34,36)/b33-18-. The van der Waals surface area contributed by atoms with Crippen molar-refractivity contribution >= 4 is 51.0 Å². The number of methoxy groups -OCH3 is 1. The van der Waals surface area contributed by atoms with Gasteiger partial charge in [-0.1, -0.05) is 53.0 Å². The van der Waals surface area contributed by atoms with Gasteiger partial charge in [-0.3, -0.25) is 9.10 Å². The summed E-state index contributed by atoms with van der Waals surface area (Å²) in [5.41, 5.74) is 5.04. The van der Waals surface area contributed by atoms with Crippen LogP contribution < -0.4 is 19.2 Å². The van der Waals surface area contributed by atoms with E-state index in [1.54, 1.807) is 48.5 Å². The first kappa shape index (κ1) is 29.9. The molecule has 11 heteroatoms. The lowest BCUT2D eigenvalue weighted by molar-refractivity contribution is -0.119. The highest BCUT2D eigenvalue weighted by molar-refractivity contribution is 7.92. The molecule has 1 amide bonds. The number of benzene rings is 4. The second-order valence-electron chi connectivity index (χ2n) is 8.92. The number of carbonyl (C=O) groups is 1. The van der Waals surface area contributed by atoms with Crippen LogP contribution in [0.4, 0.5) is 5.69 Å². The van der Waals surface area contributed by atoms with E-state index in [0.717, 1.165) is 15.4 Å². The van der Waals surface area contributed by atoms with E-state index in [1.165, 1.54) is 37.6 Å². The third-order valence-electron chi connectivity index (χ3n) is 5.88. The van der Waals surface area contributed by atoms with Crippen molar-refractivity contribution in [3.05, 3.63) is 118 Å². The second kappa shape index (κ2) is 13.5. The van der Waals surface area contributed by atoms with Gasteiger partial charge >= 0.3 is 0 Å². The molecule has 0 saturated carbocycles. The Balaban J connectivity index is 1.46. The van der Waals surface area contributed by atoms with Crippen molar-refractivity contribution in [3.63, 3.8) is 0 Å². The lowest BCUT2D eigenvalue weighted by Gasteiger charge is -2.25. The van der Waals surface area contributed by atoms with Crippen LogP contribution in [0, 0.1) is 6.92 Å². The number of ether oxygens (including phenoxy) is 2. The van der Waals surface area contributed by atoms with Gasteiger partial charge in [0.1, 0.15) is 24.7 Å². The highest BCUT2D eigenvalue weighted by atomic mass is 35.5. The van der Waals surface area contributed by atoms with Crippen LogP contribution >= 0.6 is 23.2 Å². The van der Waals surface area contributed by atoms with Crippen LogP contribution in [0.5, 0.6) is 11.5 Å². The van der Waals surface area contributed by atoms with Crippen molar-refractivity contribution in [3.8, 4) is 11.5 Å². The Morgan fingerprint density at radius 2 is 1.66 bits per heavy atom. The summed E-state index contributed by atoms with van der Waals surface area (Å²) >= 11 is 12.2. The molecule has 212 valence electrons. The monoisotopic (exact) mass is 611 g/mol. The van der Waals surface area contributed by atoms with E-state index < -0.39 is 22.5 Å². The Labute approximate surface area is 249 Å². The quantitative estimate of drug-likeness (QED) is 0.160. The lowest BCUT2D eigenvalue weighted by atomic mass is 10.2. The number of amides is 1. The minimum absolute atomic E-state index is 0.0131. The number of hydrazone groups is 1. The number of hydrogen-bond donors (Lipinski definition) is 1. The third-order valence-corrected chi connectivity index (χ3v) is 8.13. The number of rotatable bonds is 11. The van der Waals surface area contributed by atoms with Crippen LogP contribution in [0.2, 0.25) is 10.0 Å². The third kappa shape index (κ3) is 8.00. The maximum Gasteiger partial charge on any atom is 0.264 e. The molecule has 0 fully saturated rings.